The van der Waals surface area contributed by atoms with Crippen LogP contribution in [0.5, 0.6) is 5.75 Å². The molecule has 4 nitrogen and oxygen atoms in total. The van der Waals surface area contributed by atoms with Gasteiger partial charge in [0.1, 0.15) is 11.6 Å². The number of aryl methyl sites for hydroxylation is 1. The first-order chi connectivity index (χ1) is 30.0. The normalized spacial score (nSPS) is 12.2. The second-order valence-corrected chi connectivity index (χ2v) is 20.1. The minimum absolute atomic E-state index is 0. The molecule has 0 saturated carbocycles. The molecule has 9 rings (SSSR count). The fourth-order valence-electron chi connectivity index (χ4n) is 9.38. The van der Waals surface area contributed by atoms with Crippen molar-refractivity contribution in [1.29, 1.82) is 0 Å². The van der Waals surface area contributed by atoms with E-state index in [-0.39, 0.29) is 37.6 Å². The van der Waals surface area contributed by atoms with Gasteiger partial charge >= 0.3 is 0 Å². The number of hydrogen-bond acceptors (Lipinski definition) is 3. The molecule has 7 aromatic carbocycles. The first-order valence-corrected chi connectivity index (χ1v) is 22.4. The van der Waals surface area contributed by atoms with E-state index in [9.17, 15) is 5.11 Å². The SMILES string of the molecule is Cc1cc(-c2cc(C(C)C)c(C(C)C)c3cccnc23)[c-]c(-c2cc(-c3cccc4ccccc34)cc3c2nc(-c2cc(C(C)(C)C)ccc2O)n3-c2ccc(C(C)(C)C)cc2)c1.[Pt]. The maximum Gasteiger partial charge on any atom is 0.148 e. The van der Waals surface area contributed by atoms with E-state index in [1.165, 1.54) is 32.8 Å². The average Bonchev–Trinajstić information content (AvgIpc) is 3.63. The molecule has 0 atom stereocenters. The van der Waals surface area contributed by atoms with Gasteiger partial charge in [-0.05, 0) is 109 Å². The van der Waals surface area contributed by atoms with Gasteiger partial charge in [0.05, 0.1) is 16.6 Å². The van der Waals surface area contributed by atoms with Crippen molar-refractivity contribution >= 4 is 32.7 Å². The van der Waals surface area contributed by atoms with Gasteiger partial charge in [0.15, 0.2) is 0 Å². The molecular weight excluding hydrogens is 962 g/mol. The van der Waals surface area contributed by atoms with Gasteiger partial charge in [0.2, 0.25) is 0 Å². The van der Waals surface area contributed by atoms with Crippen LogP contribution in [0.15, 0.2) is 134 Å². The Morgan fingerprint density at radius 2 is 1.23 bits per heavy atom. The number of pyridine rings is 1. The summed E-state index contributed by atoms with van der Waals surface area (Å²) in [5.41, 5.74) is 16.7. The number of hydrogen-bond donors (Lipinski definition) is 1. The molecule has 2 heterocycles. The number of aromatic nitrogens is 3. The molecule has 0 spiro atoms. The minimum Gasteiger partial charge on any atom is -0.507 e. The molecule has 64 heavy (non-hydrogen) atoms. The average molecular weight is 1020 g/mol. The summed E-state index contributed by atoms with van der Waals surface area (Å²) in [4.78, 5) is 10.7. The summed E-state index contributed by atoms with van der Waals surface area (Å²) in [6, 6.07) is 49.6. The standard InChI is InChI=1S/C59H58N3O.Pt/c1-35(2)48-34-50(55-47(20-15-27-60-55)54(48)36(3)4)40-29-37(5)28-39(30-40)49-31-41(46-19-14-17-38-16-12-13-18-45(38)46)32-52-56(49)61-57(51-33-43(59(9,10)11)23-26-53(51)63)62(52)44-24-21-42(22-25-44)58(6,7)8;/h12-29,31-36,63H,1-11H3;/q-1;. The van der Waals surface area contributed by atoms with Gasteiger partial charge < -0.3 is 5.11 Å². The van der Waals surface area contributed by atoms with Gasteiger partial charge in [-0.1, -0.05) is 166 Å². The summed E-state index contributed by atoms with van der Waals surface area (Å²) in [7, 11) is 0. The molecule has 0 saturated heterocycles. The molecule has 0 aliphatic heterocycles. The third-order valence-corrected chi connectivity index (χ3v) is 12.7. The van der Waals surface area contributed by atoms with Crippen LogP contribution in [0.3, 0.4) is 0 Å². The molecule has 0 bridgehead atoms. The van der Waals surface area contributed by atoms with E-state index in [4.69, 9.17) is 9.97 Å². The largest absolute Gasteiger partial charge is 0.507 e. The van der Waals surface area contributed by atoms with Crippen molar-refractivity contribution in [2.75, 3.05) is 0 Å². The summed E-state index contributed by atoms with van der Waals surface area (Å²) in [6.07, 6.45) is 1.91. The number of fused-ring (bicyclic) bond motifs is 3. The van der Waals surface area contributed by atoms with Crippen LogP contribution in [-0.4, -0.2) is 19.6 Å². The van der Waals surface area contributed by atoms with Gasteiger partial charge in [0, 0.05) is 38.5 Å². The molecule has 326 valence electrons. The molecule has 5 heteroatoms. The number of phenols is 1. The zero-order valence-electron chi connectivity index (χ0n) is 39.0. The van der Waals surface area contributed by atoms with Crippen LogP contribution in [-0.2, 0) is 31.9 Å². The molecule has 0 radical (unpaired) electrons. The zero-order valence-corrected chi connectivity index (χ0v) is 41.2. The number of aromatic hydroxyl groups is 1. The van der Waals surface area contributed by atoms with E-state index in [2.05, 4.69) is 202 Å². The molecule has 0 aliphatic carbocycles. The first-order valence-electron chi connectivity index (χ1n) is 22.4. The van der Waals surface area contributed by atoms with Gasteiger partial charge in [-0.25, -0.2) is 4.98 Å². The Hall–Kier alpha value is -5.83. The van der Waals surface area contributed by atoms with Crippen molar-refractivity contribution in [3.8, 4) is 56.2 Å². The van der Waals surface area contributed by atoms with Crippen LogP contribution in [0, 0.1) is 13.0 Å². The fraction of sp³-hybridized carbons (Fsp3) is 0.254. The van der Waals surface area contributed by atoms with Crippen LogP contribution in [0.1, 0.15) is 109 Å². The quantitative estimate of drug-likeness (QED) is 0.162. The summed E-state index contributed by atoms with van der Waals surface area (Å²) < 4.78 is 2.25. The molecule has 0 fully saturated rings. The van der Waals surface area contributed by atoms with Crippen molar-refractivity contribution in [3.05, 3.63) is 167 Å². The molecule has 0 amide bonds. The Morgan fingerprint density at radius 3 is 1.91 bits per heavy atom. The molecule has 0 unspecified atom stereocenters. The predicted octanol–water partition coefficient (Wildman–Crippen LogP) is 16.0. The van der Waals surface area contributed by atoms with Crippen molar-refractivity contribution in [2.24, 2.45) is 0 Å². The molecule has 9 aromatic rings. The van der Waals surface area contributed by atoms with E-state index >= 15 is 0 Å². The van der Waals surface area contributed by atoms with Crippen molar-refractivity contribution < 1.29 is 26.2 Å². The summed E-state index contributed by atoms with van der Waals surface area (Å²) in [5.74, 6) is 1.56. The van der Waals surface area contributed by atoms with Gasteiger partial charge in [-0.2, -0.15) is 0 Å². The zero-order chi connectivity index (χ0) is 44.5. The molecule has 2 aromatic heterocycles. The Bertz CT molecular complexity index is 3210. The van der Waals surface area contributed by atoms with E-state index in [0.29, 0.717) is 23.2 Å². The third-order valence-electron chi connectivity index (χ3n) is 12.7. The minimum atomic E-state index is -0.144. The number of imidazole rings is 1. The first kappa shape index (κ1) is 44.8. The van der Waals surface area contributed by atoms with Gasteiger partial charge in [-0.15, -0.1) is 34.9 Å². The summed E-state index contributed by atoms with van der Waals surface area (Å²) in [6.45, 7) is 24.6. The number of nitrogens with zero attached hydrogens (tertiary/aromatic N) is 3. The maximum atomic E-state index is 11.8. The van der Waals surface area contributed by atoms with Crippen LogP contribution in [0.4, 0.5) is 0 Å². The number of benzene rings is 7. The van der Waals surface area contributed by atoms with E-state index in [0.717, 1.165) is 66.7 Å². The van der Waals surface area contributed by atoms with Crippen molar-refractivity contribution in [2.45, 2.75) is 98.8 Å². The summed E-state index contributed by atoms with van der Waals surface area (Å²) in [5, 5.41) is 15.3. The van der Waals surface area contributed by atoms with Crippen LogP contribution in [0.2, 0.25) is 0 Å². The van der Waals surface area contributed by atoms with Crippen molar-refractivity contribution in [1.82, 2.24) is 14.5 Å². The smallest absolute Gasteiger partial charge is 0.148 e. The Kier molecular flexibility index (Phi) is 11.9. The molecule has 1 N–H and O–H groups in total. The predicted molar refractivity (Wildman–Crippen MR) is 266 cm³/mol. The third kappa shape index (κ3) is 8.11. The summed E-state index contributed by atoms with van der Waals surface area (Å²) >= 11 is 0. The maximum absolute atomic E-state index is 11.8. The monoisotopic (exact) mass is 1020 g/mol. The van der Waals surface area contributed by atoms with Gasteiger partial charge in [-0.3, -0.25) is 9.55 Å². The molecule has 0 aliphatic rings. The fourth-order valence-corrected chi connectivity index (χ4v) is 9.38. The van der Waals surface area contributed by atoms with E-state index in [1.54, 1.807) is 0 Å². The van der Waals surface area contributed by atoms with Crippen LogP contribution < -0.4 is 0 Å². The van der Waals surface area contributed by atoms with E-state index in [1.807, 2.05) is 18.3 Å². The van der Waals surface area contributed by atoms with E-state index < -0.39 is 0 Å². The van der Waals surface area contributed by atoms with Crippen LogP contribution in [0.25, 0.3) is 83.2 Å². The Labute approximate surface area is 393 Å². The van der Waals surface area contributed by atoms with Gasteiger partial charge in [0.25, 0.3) is 0 Å². The Morgan fingerprint density at radius 1 is 0.594 bits per heavy atom. The topological polar surface area (TPSA) is 50.9 Å². The second-order valence-electron chi connectivity index (χ2n) is 20.1. The van der Waals surface area contributed by atoms with Crippen molar-refractivity contribution in [3.63, 3.8) is 0 Å². The number of phenolic OH excluding ortho intramolecular Hbond substituents is 1. The number of rotatable bonds is 7. The van der Waals surface area contributed by atoms with Crippen LogP contribution >= 0.6 is 0 Å². The Balaban J connectivity index is 0.00000560. The second kappa shape index (κ2) is 16.9. The molecular formula is C59H58N3OPt-.